The summed E-state index contributed by atoms with van der Waals surface area (Å²) in [6.45, 7) is 1.18. The van der Waals surface area contributed by atoms with Crippen LogP contribution in [0.5, 0.6) is 0 Å². The topological polar surface area (TPSA) is 3.24 Å². The van der Waals surface area contributed by atoms with Crippen molar-refractivity contribution in [2.24, 2.45) is 0 Å². The van der Waals surface area contributed by atoms with E-state index in [1.165, 1.54) is 24.1 Å². The minimum absolute atomic E-state index is 0.522. The Hall–Kier alpha value is -1.60. The molecule has 1 nitrogen and oxygen atoms in total. The fourth-order valence-corrected chi connectivity index (χ4v) is 3.13. The van der Waals surface area contributed by atoms with Gasteiger partial charge in [0, 0.05) is 12.0 Å². The van der Waals surface area contributed by atoms with Crippen LogP contribution < -0.4 is 0 Å². The molecule has 2 atom stereocenters. The molecule has 0 amide bonds. The summed E-state index contributed by atoms with van der Waals surface area (Å²) in [7, 11) is 2.24. The third-order valence-corrected chi connectivity index (χ3v) is 4.02. The number of rotatable bonds is 2. The third-order valence-electron chi connectivity index (χ3n) is 4.02. The molecule has 1 aliphatic heterocycles. The molecule has 0 aliphatic carbocycles. The van der Waals surface area contributed by atoms with Crippen LogP contribution in [0.4, 0.5) is 0 Å². The molecule has 18 heavy (non-hydrogen) atoms. The van der Waals surface area contributed by atoms with Gasteiger partial charge in [0.05, 0.1) is 0 Å². The van der Waals surface area contributed by atoms with Gasteiger partial charge in [-0.05, 0) is 31.1 Å². The van der Waals surface area contributed by atoms with Crippen molar-refractivity contribution < 1.29 is 0 Å². The summed E-state index contributed by atoms with van der Waals surface area (Å²) in [6.07, 6.45) is 1.25. The zero-order valence-electron chi connectivity index (χ0n) is 10.8. The van der Waals surface area contributed by atoms with Gasteiger partial charge in [-0.1, -0.05) is 60.7 Å². The van der Waals surface area contributed by atoms with E-state index in [-0.39, 0.29) is 0 Å². The van der Waals surface area contributed by atoms with Gasteiger partial charge in [-0.25, -0.2) is 0 Å². The highest BCUT2D eigenvalue weighted by Crippen LogP contribution is 2.42. The zero-order chi connectivity index (χ0) is 12.4. The number of nitrogens with zero attached hydrogens (tertiary/aromatic N) is 1. The van der Waals surface area contributed by atoms with Crippen molar-refractivity contribution in [3.8, 4) is 0 Å². The first-order valence-corrected chi connectivity index (χ1v) is 6.66. The predicted molar refractivity (Wildman–Crippen MR) is 75.6 cm³/mol. The Kier molecular flexibility index (Phi) is 3.16. The Morgan fingerprint density at radius 3 is 2.00 bits per heavy atom. The van der Waals surface area contributed by atoms with Crippen molar-refractivity contribution in [2.45, 2.75) is 18.4 Å². The Balaban J connectivity index is 1.96. The van der Waals surface area contributed by atoms with Gasteiger partial charge in [0.15, 0.2) is 0 Å². The fourth-order valence-electron chi connectivity index (χ4n) is 3.13. The number of hydrogen-bond donors (Lipinski definition) is 0. The first kappa shape index (κ1) is 11.5. The zero-order valence-corrected chi connectivity index (χ0v) is 10.8. The molecule has 0 bridgehead atoms. The van der Waals surface area contributed by atoms with Gasteiger partial charge >= 0.3 is 0 Å². The van der Waals surface area contributed by atoms with Crippen molar-refractivity contribution in [1.29, 1.82) is 0 Å². The maximum atomic E-state index is 2.48. The Morgan fingerprint density at radius 1 is 0.833 bits per heavy atom. The molecular weight excluding hydrogens is 218 g/mol. The molecule has 0 N–H and O–H groups in total. The highest BCUT2D eigenvalue weighted by molar-refractivity contribution is 5.29. The second-order valence-corrected chi connectivity index (χ2v) is 5.14. The first-order chi connectivity index (χ1) is 8.86. The number of hydrogen-bond acceptors (Lipinski definition) is 1. The van der Waals surface area contributed by atoms with Gasteiger partial charge in [-0.15, -0.1) is 0 Å². The molecule has 1 heterocycles. The van der Waals surface area contributed by atoms with Crippen LogP contribution in [0.3, 0.4) is 0 Å². The van der Waals surface area contributed by atoms with Gasteiger partial charge < -0.3 is 0 Å². The monoisotopic (exact) mass is 237 g/mol. The summed E-state index contributed by atoms with van der Waals surface area (Å²) >= 11 is 0. The Labute approximate surface area is 109 Å². The molecule has 92 valence electrons. The number of likely N-dealkylation sites (tertiary alicyclic amines) is 1. The van der Waals surface area contributed by atoms with E-state index in [1.54, 1.807) is 0 Å². The molecule has 2 aromatic carbocycles. The summed E-state index contributed by atoms with van der Waals surface area (Å²) in [5.74, 6) is 0.624. The van der Waals surface area contributed by atoms with Crippen molar-refractivity contribution >= 4 is 0 Å². The summed E-state index contributed by atoms with van der Waals surface area (Å²) in [6, 6.07) is 22.3. The van der Waals surface area contributed by atoms with E-state index in [9.17, 15) is 0 Å². The molecule has 0 spiro atoms. The molecule has 2 aromatic rings. The van der Waals surface area contributed by atoms with Crippen LogP contribution in [-0.2, 0) is 0 Å². The molecule has 3 rings (SSSR count). The molecule has 0 saturated carbocycles. The van der Waals surface area contributed by atoms with Gasteiger partial charge in [0.2, 0.25) is 0 Å². The average Bonchev–Trinajstić information content (AvgIpc) is 2.83. The van der Waals surface area contributed by atoms with Gasteiger partial charge in [0.25, 0.3) is 0 Å². The van der Waals surface area contributed by atoms with Crippen molar-refractivity contribution in [2.75, 3.05) is 13.6 Å². The summed E-state index contributed by atoms with van der Waals surface area (Å²) in [5, 5.41) is 0. The van der Waals surface area contributed by atoms with E-state index in [4.69, 9.17) is 0 Å². The quantitative estimate of drug-likeness (QED) is 0.767. The van der Waals surface area contributed by atoms with Crippen LogP contribution in [0.2, 0.25) is 0 Å². The van der Waals surface area contributed by atoms with E-state index < -0.39 is 0 Å². The lowest BCUT2D eigenvalue weighted by Crippen LogP contribution is -2.20. The normalized spacial score (nSPS) is 24.3. The van der Waals surface area contributed by atoms with E-state index in [2.05, 4.69) is 72.6 Å². The van der Waals surface area contributed by atoms with E-state index in [0.717, 1.165) is 0 Å². The minimum atomic E-state index is 0.522. The maximum absolute atomic E-state index is 2.48. The first-order valence-electron chi connectivity index (χ1n) is 6.66. The van der Waals surface area contributed by atoms with Crippen LogP contribution >= 0.6 is 0 Å². The van der Waals surface area contributed by atoms with Crippen molar-refractivity contribution in [1.82, 2.24) is 4.90 Å². The van der Waals surface area contributed by atoms with Gasteiger partial charge in [-0.2, -0.15) is 0 Å². The van der Waals surface area contributed by atoms with Crippen molar-refractivity contribution in [3.63, 3.8) is 0 Å². The van der Waals surface area contributed by atoms with Crippen LogP contribution in [0.15, 0.2) is 60.7 Å². The Bertz CT molecular complexity index is 492. The molecule has 1 saturated heterocycles. The predicted octanol–water partition coefficient (Wildman–Crippen LogP) is 3.85. The second kappa shape index (κ2) is 4.95. The van der Waals surface area contributed by atoms with E-state index >= 15 is 0 Å². The molecule has 1 fully saturated rings. The summed E-state index contributed by atoms with van der Waals surface area (Å²) in [4.78, 5) is 2.48. The highest BCUT2D eigenvalue weighted by Gasteiger charge is 2.33. The summed E-state index contributed by atoms with van der Waals surface area (Å²) < 4.78 is 0. The van der Waals surface area contributed by atoms with Crippen LogP contribution in [0, 0.1) is 0 Å². The van der Waals surface area contributed by atoms with Crippen LogP contribution in [0.25, 0.3) is 0 Å². The number of benzene rings is 2. The lowest BCUT2D eigenvalue weighted by atomic mass is 9.88. The van der Waals surface area contributed by atoms with Gasteiger partial charge in [-0.3, -0.25) is 4.90 Å². The SMILES string of the molecule is CN1CC[C@H](c2ccccc2)[C@@H]1c1ccccc1. The lowest BCUT2D eigenvalue weighted by molar-refractivity contribution is 0.304. The maximum Gasteiger partial charge on any atom is 0.0414 e. The molecule has 0 radical (unpaired) electrons. The van der Waals surface area contributed by atoms with Crippen LogP contribution in [0.1, 0.15) is 29.5 Å². The Morgan fingerprint density at radius 2 is 1.39 bits per heavy atom. The largest absolute Gasteiger partial charge is 0.299 e. The average molecular weight is 237 g/mol. The number of likely N-dealkylation sites (N-methyl/N-ethyl adjacent to an activating group) is 1. The second-order valence-electron chi connectivity index (χ2n) is 5.14. The molecule has 0 unspecified atom stereocenters. The molecule has 1 heteroatoms. The molecule has 1 aliphatic rings. The standard InChI is InChI=1S/C17H19N/c1-18-13-12-16(14-8-4-2-5-9-14)17(18)15-10-6-3-7-11-15/h2-11,16-17H,12-13H2,1H3/t16-,17+/m1/s1. The van der Waals surface area contributed by atoms with Crippen LogP contribution in [-0.4, -0.2) is 18.5 Å². The third kappa shape index (κ3) is 2.06. The lowest BCUT2D eigenvalue weighted by Gasteiger charge is -2.25. The summed E-state index contributed by atoms with van der Waals surface area (Å²) in [5.41, 5.74) is 2.90. The van der Waals surface area contributed by atoms with Gasteiger partial charge in [0.1, 0.15) is 0 Å². The highest BCUT2D eigenvalue weighted by atomic mass is 15.2. The smallest absolute Gasteiger partial charge is 0.0414 e. The van der Waals surface area contributed by atoms with E-state index in [1.807, 2.05) is 0 Å². The minimum Gasteiger partial charge on any atom is -0.299 e. The molecular formula is C17H19N. The molecule has 0 aromatic heterocycles. The fraction of sp³-hybridized carbons (Fsp3) is 0.294. The van der Waals surface area contributed by atoms with E-state index in [0.29, 0.717) is 12.0 Å². The van der Waals surface area contributed by atoms with Crippen molar-refractivity contribution in [3.05, 3.63) is 71.8 Å².